The van der Waals surface area contributed by atoms with Crippen LogP contribution in [0.3, 0.4) is 0 Å². The van der Waals surface area contributed by atoms with Crippen LogP contribution in [0.4, 0.5) is 0 Å². The highest BCUT2D eigenvalue weighted by Gasteiger charge is 2.72. The van der Waals surface area contributed by atoms with Crippen LogP contribution in [-0.2, 0) is 16.6 Å². The van der Waals surface area contributed by atoms with Crippen molar-refractivity contribution in [3.8, 4) is 11.5 Å². The Kier molecular flexibility index (Phi) is 2.15. The lowest BCUT2D eigenvalue weighted by Crippen LogP contribution is -2.76. The second-order valence-corrected chi connectivity index (χ2v) is 7.10. The summed E-state index contributed by atoms with van der Waals surface area (Å²) in [5, 5.41) is 21.8. The molecule has 2 aliphatic carbocycles. The minimum absolute atomic E-state index is 0.0281. The first kappa shape index (κ1) is 12.9. The van der Waals surface area contributed by atoms with Gasteiger partial charge < -0.3 is 19.8 Å². The lowest BCUT2D eigenvalue weighted by molar-refractivity contribution is -0.177. The number of nitrogens with zero attached hydrogens (tertiary/aromatic N) is 1. The highest BCUT2D eigenvalue weighted by atomic mass is 16.5. The second-order valence-electron chi connectivity index (χ2n) is 7.10. The average Bonchev–Trinajstić information content (AvgIpc) is 2.85. The standard InChI is InChI=1S/C17H18NO4/c1-18-7-6-16-13-9-2-3-10(19)14(13)22-15(16)11(20)4-5-17(16,21)12(18)8-9/h2-4,12,15,19,21H,5-8H2,1H3/t12-,15?,16+,17?/m1/s1. The van der Waals surface area contributed by atoms with E-state index in [-0.39, 0.29) is 17.6 Å². The van der Waals surface area contributed by atoms with Gasteiger partial charge in [-0.2, -0.15) is 0 Å². The summed E-state index contributed by atoms with van der Waals surface area (Å²) in [6.07, 6.45) is 2.61. The van der Waals surface area contributed by atoms with Gasteiger partial charge in [-0.1, -0.05) is 6.07 Å². The van der Waals surface area contributed by atoms with Crippen molar-refractivity contribution < 1.29 is 19.7 Å². The molecule has 4 aliphatic rings. The SMILES string of the molecule is CN1CC[C@]23c4c5ccc(O)c4OC2C(=O)[CH]CC3(O)[C@H]1C5. The van der Waals surface area contributed by atoms with E-state index in [1.54, 1.807) is 12.5 Å². The molecule has 1 aromatic rings. The summed E-state index contributed by atoms with van der Waals surface area (Å²) in [7, 11) is 2.03. The van der Waals surface area contributed by atoms with Gasteiger partial charge in [-0.15, -0.1) is 0 Å². The number of piperidine rings is 1. The maximum absolute atomic E-state index is 12.5. The van der Waals surface area contributed by atoms with Crippen molar-refractivity contribution in [1.29, 1.82) is 0 Å². The molecule has 2 N–H and O–H groups in total. The summed E-state index contributed by atoms with van der Waals surface area (Å²) in [6.45, 7) is 0.814. The van der Waals surface area contributed by atoms with Crippen molar-refractivity contribution in [2.45, 2.75) is 42.4 Å². The topological polar surface area (TPSA) is 70.0 Å². The normalized spacial score (nSPS) is 42.0. The van der Waals surface area contributed by atoms with Gasteiger partial charge >= 0.3 is 0 Å². The Morgan fingerprint density at radius 2 is 2.23 bits per heavy atom. The fourth-order valence-corrected chi connectivity index (χ4v) is 5.34. The molecule has 4 atom stereocenters. The first-order valence-corrected chi connectivity index (χ1v) is 7.81. The summed E-state index contributed by atoms with van der Waals surface area (Å²) >= 11 is 0. The van der Waals surface area contributed by atoms with Crippen LogP contribution in [0.2, 0.25) is 0 Å². The fraction of sp³-hybridized carbons (Fsp3) is 0.529. The minimum Gasteiger partial charge on any atom is -0.504 e. The fourth-order valence-electron chi connectivity index (χ4n) is 5.34. The van der Waals surface area contributed by atoms with Crippen molar-refractivity contribution in [1.82, 2.24) is 4.90 Å². The Morgan fingerprint density at radius 1 is 1.41 bits per heavy atom. The maximum Gasteiger partial charge on any atom is 0.178 e. The number of likely N-dealkylation sites (N-methyl/N-ethyl adjacent to an activating group) is 1. The quantitative estimate of drug-likeness (QED) is 0.732. The number of carbonyl (C=O) groups excluding carboxylic acids is 1. The Bertz CT molecular complexity index is 717. The Balaban J connectivity index is 1.88. The molecule has 5 rings (SSSR count). The lowest BCUT2D eigenvalue weighted by atomic mass is 9.49. The van der Waals surface area contributed by atoms with Crippen LogP contribution in [0.15, 0.2) is 12.1 Å². The van der Waals surface area contributed by atoms with Crippen LogP contribution in [0.25, 0.3) is 0 Å². The highest BCUT2D eigenvalue weighted by Crippen LogP contribution is 2.64. The molecule has 0 amide bonds. The highest BCUT2D eigenvalue weighted by molar-refractivity contribution is 5.96. The predicted octanol–water partition coefficient (Wildman–Crippen LogP) is 0.559. The van der Waals surface area contributed by atoms with E-state index in [0.717, 1.165) is 24.1 Å². The summed E-state index contributed by atoms with van der Waals surface area (Å²) in [6, 6.07) is 3.52. The number of ether oxygens (including phenoxy) is 1. The maximum atomic E-state index is 12.5. The van der Waals surface area contributed by atoms with Crippen molar-refractivity contribution in [3.63, 3.8) is 0 Å². The van der Waals surface area contributed by atoms with Crippen molar-refractivity contribution in [2.75, 3.05) is 13.6 Å². The van der Waals surface area contributed by atoms with E-state index in [4.69, 9.17) is 4.74 Å². The molecule has 22 heavy (non-hydrogen) atoms. The number of phenols is 1. The van der Waals surface area contributed by atoms with Gasteiger partial charge in [-0.05, 0) is 44.5 Å². The number of phenolic OH excluding ortho intramolecular Hbond substituents is 1. The molecular weight excluding hydrogens is 282 g/mol. The van der Waals surface area contributed by atoms with Crippen LogP contribution >= 0.6 is 0 Å². The number of hydrogen-bond donors (Lipinski definition) is 2. The molecule has 2 bridgehead atoms. The Morgan fingerprint density at radius 3 is 3.05 bits per heavy atom. The van der Waals surface area contributed by atoms with Crippen LogP contribution in [0.5, 0.6) is 11.5 Å². The summed E-state index contributed by atoms with van der Waals surface area (Å²) < 4.78 is 5.91. The van der Waals surface area contributed by atoms with Crippen LogP contribution < -0.4 is 4.74 Å². The molecule has 1 aromatic carbocycles. The van der Waals surface area contributed by atoms with Crippen LogP contribution in [0.1, 0.15) is 24.0 Å². The van der Waals surface area contributed by atoms with Gasteiger partial charge in [0.1, 0.15) is 0 Å². The number of ketones is 1. The summed E-state index contributed by atoms with van der Waals surface area (Å²) in [5.74, 6) is 0.402. The van der Waals surface area contributed by atoms with E-state index in [1.165, 1.54) is 0 Å². The number of rotatable bonds is 0. The largest absolute Gasteiger partial charge is 0.504 e. The van der Waals surface area contributed by atoms with E-state index in [1.807, 2.05) is 13.1 Å². The van der Waals surface area contributed by atoms with Crippen molar-refractivity contribution in [3.05, 3.63) is 29.7 Å². The molecule has 5 nitrogen and oxygen atoms in total. The molecule has 2 aliphatic heterocycles. The van der Waals surface area contributed by atoms with Gasteiger partial charge in [0.25, 0.3) is 0 Å². The van der Waals surface area contributed by atoms with E-state index in [2.05, 4.69) is 4.90 Å². The zero-order valence-electron chi connectivity index (χ0n) is 12.4. The van der Waals surface area contributed by atoms with Crippen LogP contribution in [0, 0.1) is 6.42 Å². The molecular formula is C17H18NO4. The number of carbonyl (C=O) groups is 1. The third-order valence-electron chi connectivity index (χ3n) is 6.35. The number of aromatic hydroxyl groups is 1. The molecule has 2 heterocycles. The van der Waals surface area contributed by atoms with E-state index in [9.17, 15) is 15.0 Å². The summed E-state index contributed by atoms with van der Waals surface area (Å²) in [5.41, 5.74) is 0.250. The van der Waals surface area contributed by atoms with E-state index < -0.39 is 17.1 Å². The number of hydrogen-bond acceptors (Lipinski definition) is 5. The van der Waals surface area contributed by atoms with Gasteiger partial charge in [0.2, 0.25) is 0 Å². The molecule has 1 radical (unpaired) electrons. The van der Waals surface area contributed by atoms with Crippen molar-refractivity contribution >= 4 is 5.78 Å². The zero-order valence-corrected chi connectivity index (χ0v) is 12.4. The predicted molar refractivity (Wildman–Crippen MR) is 77.8 cm³/mol. The van der Waals surface area contributed by atoms with E-state index in [0.29, 0.717) is 18.6 Å². The second kappa shape index (κ2) is 3.66. The molecule has 2 unspecified atom stereocenters. The third kappa shape index (κ3) is 1.13. The monoisotopic (exact) mass is 300 g/mol. The number of aliphatic hydroxyl groups is 1. The molecule has 0 aromatic heterocycles. The lowest BCUT2D eigenvalue weighted by Gasteiger charge is -2.61. The molecule has 1 saturated carbocycles. The van der Waals surface area contributed by atoms with Gasteiger partial charge in [-0.25, -0.2) is 0 Å². The van der Waals surface area contributed by atoms with Gasteiger partial charge in [0.15, 0.2) is 23.4 Å². The minimum atomic E-state index is -1.01. The molecule has 1 saturated heterocycles. The average molecular weight is 300 g/mol. The zero-order chi connectivity index (χ0) is 15.3. The smallest absolute Gasteiger partial charge is 0.178 e. The van der Waals surface area contributed by atoms with E-state index >= 15 is 0 Å². The molecule has 2 fully saturated rings. The molecule has 1 spiro atoms. The number of Topliss-reactive ketones (excluding diaryl/α,β-unsaturated/α-hetero) is 1. The Labute approximate surface area is 128 Å². The first-order chi connectivity index (χ1) is 10.5. The third-order valence-corrected chi connectivity index (χ3v) is 6.35. The van der Waals surface area contributed by atoms with Gasteiger partial charge in [0, 0.05) is 18.0 Å². The number of likely N-dealkylation sites (tertiary alicyclic amines) is 1. The van der Waals surface area contributed by atoms with Gasteiger partial charge in [-0.3, -0.25) is 4.79 Å². The van der Waals surface area contributed by atoms with Crippen LogP contribution in [-0.4, -0.2) is 52.2 Å². The molecule has 115 valence electrons. The first-order valence-electron chi connectivity index (χ1n) is 7.81. The number of benzene rings is 1. The Hall–Kier alpha value is -1.59. The molecule has 5 heteroatoms. The van der Waals surface area contributed by atoms with Crippen molar-refractivity contribution in [2.24, 2.45) is 0 Å². The summed E-state index contributed by atoms with van der Waals surface area (Å²) in [4.78, 5) is 14.7. The van der Waals surface area contributed by atoms with Gasteiger partial charge in [0.05, 0.1) is 11.0 Å².